The molecule has 1 unspecified atom stereocenters. The molecule has 0 aliphatic rings. The van der Waals surface area contributed by atoms with Crippen LogP contribution in [-0.4, -0.2) is 12.8 Å². The minimum atomic E-state index is 0.419. The molecule has 0 aliphatic heterocycles. The SMILES string of the molecule is CNC(CSCc1ccccc1)c1ccc(C)c(C)c1. The lowest BCUT2D eigenvalue weighted by molar-refractivity contribution is 0.661. The molecule has 0 saturated carbocycles. The summed E-state index contributed by atoms with van der Waals surface area (Å²) in [6.07, 6.45) is 0. The number of rotatable bonds is 6. The summed E-state index contributed by atoms with van der Waals surface area (Å²) in [6.45, 7) is 4.35. The minimum absolute atomic E-state index is 0.419. The lowest BCUT2D eigenvalue weighted by Crippen LogP contribution is -2.19. The van der Waals surface area contributed by atoms with Crippen molar-refractivity contribution in [3.05, 3.63) is 70.8 Å². The molecule has 0 amide bonds. The van der Waals surface area contributed by atoms with Crippen molar-refractivity contribution in [2.24, 2.45) is 0 Å². The van der Waals surface area contributed by atoms with Crippen LogP contribution in [0.5, 0.6) is 0 Å². The number of aryl methyl sites for hydroxylation is 2. The van der Waals surface area contributed by atoms with E-state index in [-0.39, 0.29) is 0 Å². The predicted molar refractivity (Wildman–Crippen MR) is 90.3 cm³/mol. The third kappa shape index (κ3) is 4.12. The highest BCUT2D eigenvalue weighted by Crippen LogP contribution is 2.22. The van der Waals surface area contributed by atoms with Gasteiger partial charge in [0.2, 0.25) is 0 Å². The topological polar surface area (TPSA) is 12.0 Å². The molecular formula is C18H23NS. The second kappa shape index (κ2) is 7.51. The lowest BCUT2D eigenvalue weighted by atomic mass is 10.0. The van der Waals surface area contributed by atoms with Gasteiger partial charge in [0.25, 0.3) is 0 Å². The molecule has 2 aromatic carbocycles. The number of benzene rings is 2. The lowest BCUT2D eigenvalue weighted by Gasteiger charge is -2.17. The summed E-state index contributed by atoms with van der Waals surface area (Å²) in [5.41, 5.74) is 5.51. The first-order valence-corrected chi connectivity index (χ1v) is 8.22. The van der Waals surface area contributed by atoms with Crippen molar-refractivity contribution in [2.45, 2.75) is 25.6 Å². The van der Waals surface area contributed by atoms with Gasteiger partial charge in [-0.05, 0) is 43.1 Å². The Morgan fingerprint density at radius 3 is 2.40 bits per heavy atom. The number of nitrogens with one attached hydrogen (secondary N) is 1. The molecule has 0 bridgehead atoms. The van der Waals surface area contributed by atoms with Crippen LogP contribution in [0, 0.1) is 13.8 Å². The molecule has 0 radical (unpaired) electrons. The second-order valence-corrected chi connectivity index (χ2v) is 6.22. The van der Waals surface area contributed by atoms with Gasteiger partial charge < -0.3 is 5.32 Å². The van der Waals surface area contributed by atoms with Crippen LogP contribution in [0.1, 0.15) is 28.3 Å². The molecule has 20 heavy (non-hydrogen) atoms. The zero-order valence-corrected chi connectivity index (χ0v) is 13.3. The van der Waals surface area contributed by atoms with Gasteiger partial charge in [-0.25, -0.2) is 0 Å². The molecule has 0 aromatic heterocycles. The van der Waals surface area contributed by atoms with Gasteiger partial charge in [-0.3, -0.25) is 0 Å². The summed E-state index contributed by atoms with van der Waals surface area (Å²) in [4.78, 5) is 0. The maximum absolute atomic E-state index is 3.43. The number of hydrogen-bond donors (Lipinski definition) is 1. The third-order valence-corrected chi connectivity index (χ3v) is 4.78. The van der Waals surface area contributed by atoms with Crippen LogP contribution in [0.4, 0.5) is 0 Å². The maximum atomic E-state index is 3.43. The van der Waals surface area contributed by atoms with E-state index in [4.69, 9.17) is 0 Å². The van der Waals surface area contributed by atoms with Gasteiger partial charge in [-0.1, -0.05) is 48.5 Å². The normalized spacial score (nSPS) is 12.3. The van der Waals surface area contributed by atoms with E-state index < -0.39 is 0 Å². The summed E-state index contributed by atoms with van der Waals surface area (Å²) >= 11 is 1.98. The Morgan fingerprint density at radius 1 is 1.00 bits per heavy atom. The maximum Gasteiger partial charge on any atom is 0.0409 e. The molecule has 0 heterocycles. The van der Waals surface area contributed by atoms with Gasteiger partial charge >= 0.3 is 0 Å². The highest BCUT2D eigenvalue weighted by atomic mass is 32.2. The van der Waals surface area contributed by atoms with Crippen molar-refractivity contribution in [2.75, 3.05) is 12.8 Å². The zero-order valence-electron chi connectivity index (χ0n) is 12.5. The van der Waals surface area contributed by atoms with E-state index in [0.29, 0.717) is 6.04 Å². The Hall–Kier alpha value is -1.25. The molecule has 0 fully saturated rings. The molecular weight excluding hydrogens is 262 g/mol. The van der Waals surface area contributed by atoms with E-state index >= 15 is 0 Å². The molecule has 0 aliphatic carbocycles. The van der Waals surface area contributed by atoms with Crippen LogP contribution in [0.2, 0.25) is 0 Å². The summed E-state index contributed by atoms with van der Waals surface area (Å²) in [6, 6.07) is 17.9. The Morgan fingerprint density at radius 2 is 1.75 bits per heavy atom. The quantitative estimate of drug-likeness (QED) is 0.839. The third-order valence-electron chi connectivity index (χ3n) is 3.68. The fraction of sp³-hybridized carbons (Fsp3) is 0.333. The second-order valence-electron chi connectivity index (χ2n) is 5.19. The van der Waals surface area contributed by atoms with Gasteiger partial charge in [0.15, 0.2) is 0 Å². The minimum Gasteiger partial charge on any atom is -0.312 e. The monoisotopic (exact) mass is 285 g/mol. The summed E-state index contributed by atoms with van der Waals surface area (Å²) in [7, 11) is 2.04. The number of hydrogen-bond acceptors (Lipinski definition) is 2. The van der Waals surface area contributed by atoms with Gasteiger partial charge in [-0.2, -0.15) is 11.8 Å². The first-order valence-electron chi connectivity index (χ1n) is 7.07. The van der Waals surface area contributed by atoms with Crippen LogP contribution in [0.15, 0.2) is 48.5 Å². The van der Waals surface area contributed by atoms with E-state index in [9.17, 15) is 0 Å². The zero-order chi connectivity index (χ0) is 14.4. The van der Waals surface area contributed by atoms with Crippen molar-refractivity contribution in [1.29, 1.82) is 0 Å². The fourth-order valence-electron chi connectivity index (χ4n) is 2.20. The first-order chi connectivity index (χ1) is 9.70. The Kier molecular flexibility index (Phi) is 5.69. The standard InChI is InChI=1S/C18H23NS/c1-14-9-10-17(11-15(14)2)18(19-3)13-20-12-16-7-5-4-6-8-16/h4-11,18-19H,12-13H2,1-3H3. The Labute approximate surface area is 126 Å². The van der Waals surface area contributed by atoms with Crippen LogP contribution in [0.25, 0.3) is 0 Å². The van der Waals surface area contributed by atoms with Gasteiger partial charge in [0.05, 0.1) is 0 Å². The molecule has 1 N–H and O–H groups in total. The smallest absolute Gasteiger partial charge is 0.0409 e. The van der Waals surface area contributed by atoms with Gasteiger partial charge in [0.1, 0.15) is 0 Å². The Balaban J connectivity index is 1.93. The van der Waals surface area contributed by atoms with Crippen LogP contribution in [0.3, 0.4) is 0 Å². The molecule has 2 aromatic rings. The highest BCUT2D eigenvalue weighted by Gasteiger charge is 2.10. The van der Waals surface area contributed by atoms with Crippen LogP contribution < -0.4 is 5.32 Å². The van der Waals surface area contributed by atoms with Crippen LogP contribution >= 0.6 is 11.8 Å². The van der Waals surface area contributed by atoms with E-state index in [1.807, 2.05) is 18.8 Å². The molecule has 1 atom stereocenters. The number of thioether (sulfide) groups is 1. The molecule has 2 heteroatoms. The van der Waals surface area contributed by atoms with Crippen LogP contribution in [-0.2, 0) is 5.75 Å². The van der Waals surface area contributed by atoms with E-state index in [1.54, 1.807) is 0 Å². The van der Waals surface area contributed by atoms with Crippen molar-refractivity contribution >= 4 is 11.8 Å². The average Bonchev–Trinajstić information content (AvgIpc) is 2.48. The molecule has 0 spiro atoms. The summed E-state index contributed by atoms with van der Waals surface area (Å²) < 4.78 is 0. The molecule has 106 valence electrons. The summed E-state index contributed by atoms with van der Waals surface area (Å²) in [5.74, 6) is 2.16. The summed E-state index contributed by atoms with van der Waals surface area (Å²) in [5, 5.41) is 3.43. The Bertz CT molecular complexity index is 536. The van der Waals surface area contributed by atoms with Crippen molar-refractivity contribution in [1.82, 2.24) is 5.32 Å². The van der Waals surface area contributed by atoms with Crippen molar-refractivity contribution in [3.63, 3.8) is 0 Å². The largest absolute Gasteiger partial charge is 0.312 e. The van der Waals surface area contributed by atoms with E-state index in [1.165, 1.54) is 22.3 Å². The average molecular weight is 285 g/mol. The van der Waals surface area contributed by atoms with Crippen molar-refractivity contribution < 1.29 is 0 Å². The van der Waals surface area contributed by atoms with E-state index in [0.717, 1.165) is 11.5 Å². The van der Waals surface area contributed by atoms with Crippen molar-refractivity contribution in [3.8, 4) is 0 Å². The van der Waals surface area contributed by atoms with Gasteiger partial charge in [0, 0.05) is 17.5 Å². The molecule has 2 rings (SSSR count). The van der Waals surface area contributed by atoms with E-state index in [2.05, 4.69) is 67.7 Å². The van der Waals surface area contributed by atoms with Gasteiger partial charge in [-0.15, -0.1) is 0 Å². The first kappa shape index (κ1) is 15.1. The molecule has 0 saturated heterocycles. The highest BCUT2D eigenvalue weighted by molar-refractivity contribution is 7.98. The fourth-order valence-corrected chi connectivity index (χ4v) is 3.34. The predicted octanol–water partition coefficient (Wildman–Crippen LogP) is 4.50. The molecule has 1 nitrogen and oxygen atoms in total.